The van der Waals surface area contributed by atoms with Crippen molar-refractivity contribution < 1.29 is 18.0 Å². The number of pyridine rings is 1. The van der Waals surface area contributed by atoms with Gasteiger partial charge in [0.25, 0.3) is 0 Å². The monoisotopic (exact) mass is 458 g/mol. The number of carbonyl (C=O) groups is 1. The average Bonchev–Trinajstić information content (AvgIpc) is 3.16. The number of anilines is 1. The number of halogens is 3. The summed E-state index contributed by atoms with van der Waals surface area (Å²) >= 11 is -0.525. The maximum atomic E-state index is 13.0. The zero-order valence-corrected chi connectivity index (χ0v) is 16.5. The van der Waals surface area contributed by atoms with Gasteiger partial charge in [-0.1, -0.05) is 0 Å². The van der Waals surface area contributed by atoms with Crippen molar-refractivity contribution >= 4 is 48.0 Å². The van der Waals surface area contributed by atoms with E-state index < -0.39 is 20.0 Å². The molecule has 3 aromatic rings. The number of nitrogens with two attached hydrogens (primary N) is 1. The van der Waals surface area contributed by atoms with Crippen molar-refractivity contribution in [3.05, 3.63) is 46.0 Å². The summed E-state index contributed by atoms with van der Waals surface area (Å²) in [5.41, 5.74) is 6.97. The van der Waals surface area contributed by atoms with E-state index in [0.717, 1.165) is 5.01 Å². The molecular formula is C17H13F3N4OSSe. The predicted molar refractivity (Wildman–Crippen MR) is 99.3 cm³/mol. The predicted octanol–water partition coefficient (Wildman–Crippen LogP) is 1.92. The molecule has 3 rings (SSSR count). The second kappa shape index (κ2) is 7.64. The van der Waals surface area contributed by atoms with Gasteiger partial charge in [0.15, 0.2) is 0 Å². The molecule has 0 fully saturated rings. The third kappa shape index (κ3) is 4.63. The van der Waals surface area contributed by atoms with E-state index in [1.165, 1.54) is 28.1 Å². The van der Waals surface area contributed by atoms with Gasteiger partial charge >= 0.3 is 163 Å². The number of alkyl halides is 3. The van der Waals surface area contributed by atoms with Crippen LogP contribution in [0.25, 0.3) is 5.52 Å². The van der Waals surface area contributed by atoms with Crippen LogP contribution in [0.5, 0.6) is 0 Å². The summed E-state index contributed by atoms with van der Waals surface area (Å²) < 4.78 is 40.5. The molecule has 0 bridgehead atoms. The molecule has 0 aliphatic heterocycles. The molecule has 140 valence electrons. The van der Waals surface area contributed by atoms with Gasteiger partial charge in [-0.2, -0.15) is 0 Å². The Bertz CT molecular complexity index is 1060. The van der Waals surface area contributed by atoms with Crippen molar-refractivity contribution in [2.75, 3.05) is 12.3 Å². The SMILES string of the molecule is Cc1ncc(C(=O)NCC#Cc2cc3c(N)cccn3c2[Se]C(F)(F)F)s1. The fourth-order valence-electron chi connectivity index (χ4n) is 2.32. The van der Waals surface area contributed by atoms with Crippen molar-refractivity contribution in [2.24, 2.45) is 0 Å². The van der Waals surface area contributed by atoms with Crippen LogP contribution < -0.4 is 15.6 Å². The van der Waals surface area contributed by atoms with Crippen LogP contribution in [-0.2, 0) is 0 Å². The van der Waals surface area contributed by atoms with E-state index in [4.69, 9.17) is 5.73 Å². The zero-order chi connectivity index (χ0) is 19.6. The van der Waals surface area contributed by atoms with Crippen LogP contribution in [0.3, 0.4) is 0 Å². The number of hydrogen-bond donors (Lipinski definition) is 2. The molecule has 0 spiro atoms. The maximum absolute atomic E-state index is 13.0. The molecule has 0 aliphatic carbocycles. The number of nitrogen functional groups attached to an aromatic ring is 1. The second-order valence-electron chi connectivity index (χ2n) is 5.36. The molecule has 3 N–H and O–H groups in total. The fourth-order valence-corrected chi connectivity index (χ4v) is 4.47. The molecule has 27 heavy (non-hydrogen) atoms. The Morgan fingerprint density at radius 3 is 2.93 bits per heavy atom. The van der Waals surface area contributed by atoms with Gasteiger partial charge in [-0.3, -0.25) is 0 Å². The number of amides is 1. The van der Waals surface area contributed by atoms with Gasteiger partial charge in [-0.15, -0.1) is 0 Å². The first-order chi connectivity index (χ1) is 12.7. The molecule has 0 aliphatic rings. The minimum absolute atomic E-state index is 0.00983. The van der Waals surface area contributed by atoms with Gasteiger partial charge in [0, 0.05) is 0 Å². The number of hydrogen-bond acceptors (Lipinski definition) is 4. The molecule has 10 heteroatoms. The van der Waals surface area contributed by atoms with Crippen LogP contribution >= 0.6 is 11.3 Å². The summed E-state index contributed by atoms with van der Waals surface area (Å²) in [7, 11) is 0. The van der Waals surface area contributed by atoms with E-state index in [1.807, 2.05) is 0 Å². The van der Waals surface area contributed by atoms with Crippen LogP contribution in [0, 0.1) is 18.8 Å². The Morgan fingerprint density at radius 1 is 1.48 bits per heavy atom. The Morgan fingerprint density at radius 2 is 2.26 bits per heavy atom. The summed E-state index contributed by atoms with van der Waals surface area (Å²) in [5, 5.41) is -0.947. The standard InChI is InChI=1S/C17H13F3N4OSSe/c1-10-23-9-14(26-10)15(25)22-6-2-4-11-8-13-12(21)5-3-7-24(13)16(11)27-17(18,19)20/h3,5,7-9H,6,21H2,1H3,(H,22,25). The normalized spacial score (nSPS) is 11.3. The topological polar surface area (TPSA) is 72.4 Å². The van der Waals surface area contributed by atoms with Gasteiger partial charge in [0.05, 0.1) is 0 Å². The van der Waals surface area contributed by atoms with Crippen LogP contribution in [0.2, 0.25) is 0 Å². The van der Waals surface area contributed by atoms with Gasteiger partial charge in [0.1, 0.15) is 0 Å². The summed E-state index contributed by atoms with van der Waals surface area (Å²) in [5.74, 6) is 5.11. The third-order valence-electron chi connectivity index (χ3n) is 3.41. The van der Waals surface area contributed by atoms with Gasteiger partial charge in [-0.05, 0) is 0 Å². The van der Waals surface area contributed by atoms with Crippen molar-refractivity contribution in [3.63, 3.8) is 0 Å². The third-order valence-corrected chi connectivity index (χ3v) is 6.09. The first kappa shape index (κ1) is 19.3. The Balaban J connectivity index is 1.82. The summed E-state index contributed by atoms with van der Waals surface area (Å²) in [6.45, 7) is 1.80. The van der Waals surface area contributed by atoms with E-state index in [0.29, 0.717) is 16.1 Å². The van der Waals surface area contributed by atoms with Crippen molar-refractivity contribution in [1.82, 2.24) is 14.7 Å². The number of thiazole rings is 1. The van der Waals surface area contributed by atoms with Crippen molar-refractivity contribution in [3.8, 4) is 11.8 Å². The number of fused-ring (bicyclic) bond motifs is 1. The first-order valence-corrected chi connectivity index (χ1v) is 10.1. The summed E-state index contributed by atoms with van der Waals surface area (Å²) in [6, 6.07) is 4.75. The Labute approximate surface area is 162 Å². The zero-order valence-electron chi connectivity index (χ0n) is 13.9. The number of carbonyl (C=O) groups excluding carboxylic acids is 1. The molecule has 0 aromatic carbocycles. The van der Waals surface area contributed by atoms with Crippen molar-refractivity contribution in [2.45, 2.75) is 12.0 Å². The Kier molecular flexibility index (Phi) is 5.46. The quantitative estimate of drug-likeness (QED) is 0.467. The number of rotatable bonds is 3. The van der Waals surface area contributed by atoms with E-state index in [-0.39, 0.29) is 22.6 Å². The van der Waals surface area contributed by atoms with E-state index in [1.54, 1.807) is 25.1 Å². The number of aromatic nitrogens is 2. The molecule has 0 unspecified atom stereocenters. The van der Waals surface area contributed by atoms with E-state index in [9.17, 15) is 18.0 Å². The molecule has 0 saturated carbocycles. The van der Waals surface area contributed by atoms with Crippen LogP contribution in [0.4, 0.5) is 18.9 Å². The molecule has 5 nitrogen and oxygen atoms in total. The molecular weight excluding hydrogens is 444 g/mol. The van der Waals surface area contributed by atoms with Gasteiger partial charge < -0.3 is 0 Å². The van der Waals surface area contributed by atoms with Gasteiger partial charge in [-0.25, -0.2) is 0 Å². The average molecular weight is 457 g/mol. The fraction of sp³-hybridized carbons (Fsp3) is 0.176. The molecule has 0 saturated heterocycles. The number of aryl methyl sites for hydroxylation is 1. The Hall–Kier alpha value is -2.47. The van der Waals surface area contributed by atoms with Crippen LogP contribution in [0.1, 0.15) is 20.2 Å². The first-order valence-electron chi connectivity index (χ1n) is 7.59. The molecule has 1 amide bonds. The van der Waals surface area contributed by atoms with Crippen LogP contribution in [-0.4, -0.2) is 41.9 Å². The van der Waals surface area contributed by atoms with Crippen LogP contribution in [0.15, 0.2) is 30.6 Å². The van der Waals surface area contributed by atoms with Gasteiger partial charge in [0.2, 0.25) is 0 Å². The minimum atomic E-state index is -4.32. The summed E-state index contributed by atoms with van der Waals surface area (Å²) in [4.78, 5) is 16.4. The number of nitrogens with one attached hydrogen (secondary N) is 1. The molecule has 0 atom stereocenters. The number of nitrogens with zero attached hydrogens (tertiary/aromatic N) is 2. The molecule has 3 aromatic heterocycles. The second-order valence-corrected chi connectivity index (χ2v) is 8.80. The van der Waals surface area contributed by atoms with E-state index in [2.05, 4.69) is 22.1 Å². The molecule has 0 radical (unpaired) electrons. The molecule has 3 heterocycles. The van der Waals surface area contributed by atoms with E-state index >= 15 is 0 Å². The van der Waals surface area contributed by atoms with Crippen molar-refractivity contribution in [1.29, 1.82) is 0 Å². The summed E-state index contributed by atoms with van der Waals surface area (Å²) in [6.07, 6.45) is 3.00.